The van der Waals surface area contributed by atoms with Crippen LogP contribution < -0.4 is 10.6 Å². The SMILES string of the molecule is C=C1Nc2ncnn2C(c2ccc(Br)cc2)C1C(=O)Nc1ccccc1. The number of carbonyl (C=O) groups excluding carboxylic acids is 1. The van der Waals surface area contributed by atoms with Crippen LogP contribution >= 0.6 is 15.9 Å². The van der Waals surface area contributed by atoms with Gasteiger partial charge < -0.3 is 10.6 Å². The van der Waals surface area contributed by atoms with Gasteiger partial charge in [-0.1, -0.05) is 52.8 Å². The predicted molar refractivity (Wildman–Crippen MR) is 104 cm³/mol. The third kappa shape index (κ3) is 3.01. The van der Waals surface area contributed by atoms with Gasteiger partial charge in [0, 0.05) is 15.9 Å². The molecule has 2 atom stereocenters. The van der Waals surface area contributed by atoms with Crippen molar-refractivity contribution in [2.45, 2.75) is 6.04 Å². The summed E-state index contributed by atoms with van der Waals surface area (Å²) in [5, 5.41) is 10.4. The number of rotatable bonds is 3. The minimum Gasteiger partial charge on any atom is -0.328 e. The molecule has 2 aromatic carbocycles. The van der Waals surface area contributed by atoms with Gasteiger partial charge >= 0.3 is 0 Å². The first-order chi connectivity index (χ1) is 12.6. The lowest BCUT2D eigenvalue weighted by molar-refractivity contribution is -0.119. The lowest BCUT2D eigenvalue weighted by Crippen LogP contribution is -2.39. The average molecular weight is 410 g/mol. The number of carbonyl (C=O) groups is 1. The van der Waals surface area contributed by atoms with E-state index in [9.17, 15) is 4.79 Å². The monoisotopic (exact) mass is 409 g/mol. The van der Waals surface area contributed by atoms with Crippen molar-refractivity contribution >= 4 is 33.5 Å². The molecule has 6 nitrogen and oxygen atoms in total. The van der Waals surface area contributed by atoms with Crippen LogP contribution in [0.3, 0.4) is 0 Å². The van der Waals surface area contributed by atoms with Crippen LogP contribution in [-0.2, 0) is 4.79 Å². The normalized spacial score (nSPS) is 18.7. The number of nitrogens with zero attached hydrogens (tertiary/aromatic N) is 3. The van der Waals surface area contributed by atoms with Gasteiger partial charge in [0.15, 0.2) is 0 Å². The van der Waals surface area contributed by atoms with Gasteiger partial charge in [0.1, 0.15) is 12.2 Å². The number of halogens is 1. The van der Waals surface area contributed by atoms with E-state index in [4.69, 9.17) is 0 Å². The lowest BCUT2D eigenvalue weighted by atomic mass is 9.88. The molecule has 0 saturated carbocycles. The fourth-order valence-electron chi connectivity index (χ4n) is 3.13. The topological polar surface area (TPSA) is 71.8 Å². The highest BCUT2D eigenvalue weighted by Gasteiger charge is 2.39. The summed E-state index contributed by atoms with van der Waals surface area (Å²) in [7, 11) is 0. The minimum absolute atomic E-state index is 0.150. The zero-order chi connectivity index (χ0) is 18.1. The zero-order valence-corrected chi connectivity index (χ0v) is 15.3. The number of benzene rings is 2. The van der Waals surface area contributed by atoms with Crippen molar-refractivity contribution in [1.29, 1.82) is 0 Å². The Labute approximate surface area is 159 Å². The maximum atomic E-state index is 13.1. The molecule has 2 heterocycles. The van der Waals surface area contributed by atoms with Gasteiger partial charge in [0.05, 0.1) is 6.04 Å². The van der Waals surface area contributed by atoms with E-state index in [2.05, 4.69) is 43.2 Å². The van der Waals surface area contributed by atoms with Crippen molar-refractivity contribution in [3.05, 3.63) is 83.2 Å². The molecule has 0 bridgehead atoms. The first-order valence-corrected chi connectivity index (χ1v) is 8.89. The second-order valence-corrected chi connectivity index (χ2v) is 6.92. The van der Waals surface area contributed by atoms with Crippen molar-refractivity contribution in [2.75, 3.05) is 10.6 Å². The summed E-state index contributed by atoms with van der Waals surface area (Å²) in [6.07, 6.45) is 1.47. The number of nitrogens with one attached hydrogen (secondary N) is 2. The third-order valence-corrected chi connectivity index (χ3v) is 4.86. The van der Waals surface area contributed by atoms with E-state index in [0.717, 1.165) is 15.7 Å². The molecule has 130 valence electrons. The molecule has 0 saturated heterocycles. The summed E-state index contributed by atoms with van der Waals surface area (Å²) in [5.74, 6) is -0.111. The highest BCUT2D eigenvalue weighted by Crippen LogP contribution is 2.38. The highest BCUT2D eigenvalue weighted by molar-refractivity contribution is 9.10. The largest absolute Gasteiger partial charge is 0.328 e. The molecule has 4 rings (SSSR count). The number of hydrogen-bond acceptors (Lipinski definition) is 4. The van der Waals surface area contributed by atoms with E-state index < -0.39 is 5.92 Å². The molecule has 0 spiro atoms. The molecule has 0 radical (unpaired) electrons. The number of fused-ring (bicyclic) bond motifs is 1. The Bertz CT molecular complexity index is 952. The van der Waals surface area contributed by atoms with Crippen molar-refractivity contribution in [1.82, 2.24) is 14.8 Å². The number of aromatic nitrogens is 3. The Balaban J connectivity index is 1.74. The minimum atomic E-state index is -0.536. The summed E-state index contributed by atoms with van der Waals surface area (Å²) in [5.41, 5.74) is 2.28. The number of amides is 1. The van der Waals surface area contributed by atoms with Crippen LogP contribution in [0.1, 0.15) is 11.6 Å². The molecule has 2 unspecified atom stereocenters. The van der Waals surface area contributed by atoms with E-state index in [1.807, 2.05) is 54.6 Å². The first kappa shape index (κ1) is 16.5. The summed E-state index contributed by atoms with van der Waals surface area (Å²) < 4.78 is 2.70. The van der Waals surface area contributed by atoms with Gasteiger partial charge in [-0.15, -0.1) is 0 Å². The number of hydrogen-bond donors (Lipinski definition) is 2. The molecule has 1 amide bonds. The van der Waals surface area contributed by atoms with E-state index in [0.29, 0.717) is 11.6 Å². The quantitative estimate of drug-likeness (QED) is 0.689. The molecular weight excluding hydrogens is 394 g/mol. The van der Waals surface area contributed by atoms with E-state index in [1.165, 1.54) is 6.33 Å². The third-order valence-electron chi connectivity index (χ3n) is 4.34. The van der Waals surface area contributed by atoms with Gasteiger partial charge in [-0.3, -0.25) is 4.79 Å². The molecule has 26 heavy (non-hydrogen) atoms. The van der Waals surface area contributed by atoms with Gasteiger partial charge in [-0.25, -0.2) is 4.68 Å². The Morgan fingerprint density at radius 1 is 1.15 bits per heavy atom. The average Bonchev–Trinajstić information content (AvgIpc) is 3.10. The van der Waals surface area contributed by atoms with Crippen LogP contribution in [0, 0.1) is 5.92 Å². The van der Waals surface area contributed by atoms with Crippen LogP contribution in [0.5, 0.6) is 0 Å². The molecule has 2 N–H and O–H groups in total. The molecule has 1 aromatic heterocycles. The summed E-state index contributed by atoms with van der Waals surface area (Å²) in [6, 6.07) is 16.9. The van der Waals surface area contributed by atoms with Crippen LogP contribution in [0.15, 0.2) is 77.7 Å². The summed E-state index contributed by atoms with van der Waals surface area (Å²) >= 11 is 3.45. The van der Waals surface area contributed by atoms with Crippen molar-refractivity contribution in [2.24, 2.45) is 5.92 Å². The molecule has 7 heteroatoms. The molecule has 0 aliphatic carbocycles. The maximum absolute atomic E-state index is 13.1. The predicted octanol–water partition coefficient (Wildman–Crippen LogP) is 3.82. The number of anilines is 2. The zero-order valence-electron chi connectivity index (χ0n) is 13.8. The standard InChI is InChI=1S/C19H16BrN5O/c1-12-16(18(26)24-15-5-3-2-4-6-15)17(13-7-9-14(20)10-8-13)25-19(23-12)21-11-22-25/h2-11,16-17H,1H2,(H,24,26)(H,21,22,23). The Kier molecular flexibility index (Phi) is 4.30. The fourth-order valence-corrected chi connectivity index (χ4v) is 3.40. The van der Waals surface area contributed by atoms with Crippen molar-refractivity contribution < 1.29 is 4.79 Å². The van der Waals surface area contributed by atoms with Gasteiger partial charge in [-0.05, 0) is 29.8 Å². The van der Waals surface area contributed by atoms with Crippen molar-refractivity contribution in [3.8, 4) is 0 Å². The van der Waals surface area contributed by atoms with E-state index in [-0.39, 0.29) is 11.9 Å². The lowest BCUT2D eigenvalue weighted by Gasteiger charge is -2.33. The Morgan fingerprint density at radius 3 is 2.62 bits per heavy atom. The molecule has 3 aromatic rings. The van der Waals surface area contributed by atoms with Crippen LogP contribution in [0.4, 0.5) is 11.6 Å². The van der Waals surface area contributed by atoms with Gasteiger partial charge in [0.25, 0.3) is 0 Å². The van der Waals surface area contributed by atoms with Gasteiger partial charge in [0.2, 0.25) is 11.9 Å². The van der Waals surface area contributed by atoms with Crippen LogP contribution in [-0.4, -0.2) is 20.7 Å². The summed E-state index contributed by atoms with van der Waals surface area (Å²) in [6.45, 7) is 4.07. The summed E-state index contributed by atoms with van der Waals surface area (Å²) in [4.78, 5) is 17.3. The first-order valence-electron chi connectivity index (χ1n) is 8.10. The Morgan fingerprint density at radius 2 is 1.88 bits per heavy atom. The van der Waals surface area contributed by atoms with Gasteiger partial charge in [-0.2, -0.15) is 10.1 Å². The van der Waals surface area contributed by atoms with Crippen molar-refractivity contribution in [3.63, 3.8) is 0 Å². The maximum Gasteiger partial charge on any atom is 0.235 e. The fraction of sp³-hybridized carbons (Fsp3) is 0.105. The molecule has 1 aliphatic rings. The second kappa shape index (κ2) is 6.76. The number of para-hydroxylation sites is 1. The Hall–Kier alpha value is -2.93. The smallest absolute Gasteiger partial charge is 0.235 e. The van der Waals surface area contributed by atoms with Crippen LogP contribution in [0.25, 0.3) is 0 Å². The molecule has 0 fully saturated rings. The molecule has 1 aliphatic heterocycles. The van der Waals surface area contributed by atoms with E-state index >= 15 is 0 Å². The van der Waals surface area contributed by atoms with E-state index in [1.54, 1.807) is 4.68 Å². The molecular formula is C19H16BrN5O. The van der Waals surface area contributed by atoms with Crippen LogP contribution in [0.2, 0.25) is 0 Å². The highest BCUT2D eigenvalue weighted by atomic mass is 79.9. The second-order valence-electron chi connectivity index (χ2n) is 6.01.